The first-order valence-electron chi connectivity index (χ1n) is 16.8. The summed E-state index contributed by atoms with van der Waals surface area (Å²) in [4.78, 5) is 0. The van der Waals surface area contributed by atoms with E-state index in [1.54, 1.807) is 0 Å². The van der Waals surface area contributed by atoms with E-state index >= 15 is 0 Å². The van der Waals surface area contributed by atoms with Crippen molar-refractivity contribution in [2.45, 2.75) is 38.5 Å². The van der Waals surface area contributed by atoms with Gasteiger partial charge in [0.05, 0.1) is 11.0 Å². The van der Waals surface area contributed by atoms with E-state index in [9.17, 15) is 0 Å². The van der Waals surface area contributed by atoms with Gasteiger partial charge < -0.3 is 4.57 Å². The third-order valence-electron chi connectivity index (χ3n) is 11.3. The van der Waals surface area contributed by atoms with Gasteiger partial charge >= 0.3 is 0 Å². The normalized spacial score (nSPS) is 15.1. The molecular formula is C46H35N. The zero-order chi connectivity index (χ0) is 31.7. The highest BCUT2D eigenvalue weighted by molar-refractivity contribution is 6.12. The summed E-state index contributed by atoms with van der Waals surface area (Å²) >= 11 is 0. The molecule has 1 nitrogen and oxygen atoms in total. The van der Waals surface area contributed by atoms with Gasteiger partial charge in [0.2, 0.25) is 0 Å². The fraction of sp³-hybridized carbons (Fsp3) is 0.130. The molecule has 0 bridgehead atoms. The van der Waals surface area contributed by atoms with Crippen molar-refractivity contribution in [3.63, 3.8) is 0 Å². The highest BCUT2D eigenvalue weighted by atomic mass is 15.0. The summed E-state index contributed by atoms with van der Waals surface area (Å²) in [6, 6.07) is 52.0. The van der Waals surface area contributed by atoms with Crippen molar-refractivity contribution >= 4 is 32.6 Å². The Balaban J connectivity index is 1.26. The van der Waals surface area contributed by atoms with Crippen LogP contribution in [0.25, 0.3) is 71.6 Å². The molecule has 0 atom stereocenters. The predicted molar refractivity (Wildman–Crippen MR) is 199 cm³/mol. The van der Waals surface area contributed by atoms with Crippen molar-refractivity contribution in [2.75, 3.05) is 0 Å². The third kappa shape index (κ3) is 3.44. The quantitative estimate of drug-likeness (QED) is 0.186. The van der Waals surface area contributed by atoms with E-state index in [0.29, 0.717) is 0 Å². The van der Waals surface area contributed by atoms with Gasteiger partial charge in [0.25, 0.3) is 0 Å². The minimum absolute atomic E-state index is 0.116. The van der Waals surface area contributed by atoms with Crippen LogP contribution in [0.5, 0.6) is 0 Å². The van der Waals surface area contributed by atoms with Crippen LogP contribution in [0.15, 0.2) is 140 Å². The van der Waals surface area contributed by atoms with Crippen molar-refractivity contribution in [2.24, 2.45) is 0 Å². The first-order chi connectivity index (χ1) is 22.8. The summed E-state index contributed by atoms with van der Waals surface area (Å²) in [7, 11) is 0. The Bertz CT molecular complexity index is 2600. The molecule has 0 saturated carbocycles. The van der Waals surface area contributed by atoms with E-state index in [1.807, 2.05) is 0 Å². The topological polar surface area (TPSA) is 4.93 Å². The molecule has 0 N–H and O–H groups in total. The van der Waals surface area contributed by atoms with Crippen molar-refractivity contribution in [3.8, 4) is 39.1 Å². The van der Waals surface area contributed by atoms with E-state index in [1.165, 1.54) is 93.9 Å². The van der Waals surface area contributed by atoms with Gasteiger partial charge in [-0.15, -0.1) is 0 Å². The average molecular weight is 602 g/mol. The zero-order valence-corrected chi connectivity index (χ0v) is 27.2. The predicted octanol–water partition coefficient (Wildman–Crippen LogP) is 12.2. The number of hydrogen-bond acceptors (Lipinski definition) is 0. The molecule has 2 aliphatic rings. The smallest absolute Gasteiger partial charge is 0.0547 e. The molecule has 0 spiro atoms. The summed E-state index contributed by atoms with van der Waals surface area (Å²) in [6.07, 6.45) is 0. The lowest BCUT2D eigenvalue weighted by Crippen LogP contribution is -2.24. The Morgan fingerprint density at radius 1 is 0.404 bits per heavy atom. The summed E-state index contributed by atoms with van der Waals surface area (Å²) in [5.41, 5.74) is 17.3. The molecule has 8 aromatic rings. The van der Waals surface area contributed by atoms with Gasteiger partial charge in [-0.05, 0) is 96.7 Å². The van der Waals surface area contributed by atoms with Crippen LogP contribution in [0.2, 0.25) is 0 Å². The van der Waals surface area contributed by atoms with Gasteiger partial charge in [0.1, 0.15) is 0 Å². The van der Waals surface area contributed by atoms with Crippen LogP contribution in [0, 0.1) is 0 Å². The van der Waals surface area contributed by atoms with Gasteiger partial charge in [-0.3, -0.25) is 0 Å². The Labute approximate surface area is 275 Å². The minimum atomic E-state index is -0.148. The second-order valence-electron chi connectivity index (χ2n) is 14.6. The van der Waals surface area contributed by atoms with Crippen molar-refractivity contribution in [1.82, 2.24) is 4.57 Å². The standard InChI is InChI=1S/C46H35N/c1-45(2)39-26-38-33-21-20-30(28-13-7-5-8-14-28)25-40(33)47(31-16-9-6-10-17-31)41(38)27-37(39)36-24-23-35-34-22-19-29-15-11-12-18-32(29)42(34)46(3,4)44(35)43(36)45/h5-27H,1-4H3. The maximum atomic E-state index is 2.52. The van der Waals surface area contributed by atoms with Crippen LogP contribution in [0.4, 0.5) is 0 Å². The highest BCUT2D eigenvalue weighted by Crippen LogP contribution is 2.60. The van der Waals surface area contributed by atoms with Crippen LogP contribution in [-0.2, 0) is 10.8 Å². The SMILES string of the molecule is CC1(C)c2cc3c4ccc(-c5ccccc5)cc4n(-c4ccccc4)c3cc2-c2ccc3c(c21)C(C)(C)c1c-3ccc2ccccc12. The summed E-state index contributed by atoms with van der Waals surface area (Å²) in [5, 5.41) is 5.30. The van der Waals surface area contributed by atoms with Gasteiger partial charge in [-0.2, -0.15) is 0 Å². The summed E-state index contributed by atoms with van der Waals surface area (Å²) in [6.45, 7) is 9.79. The Morgan fingerprint density at radius 3 is 1.81 bits per heavy atom. The largest absolute Gasteiger partial charge is 0.309 e. The maximum absolute atomic E-state index is 2.52. The molecule has 0 unspecified atom stereocenters. The zero-order valence-electron chi connectivity index (χ0n) is 27.2. The number of nitrogens with zero attached hydrogens (tertiary/aromatic N) is 1. The molecule has 0 fully saturated rings. The molecule has 1 heterocycles. The molecular weight excluding hydrogens is 567 g/mol. The molecule has 2 aliphatic carbocycles. The van der Waals surface area contributed by atoms with E-state index in [-0.39, 0.29) is 10.8 Å². The lowest BCUT2D eigenvalue weighted by Gasteiger charge is -2.31. The molecule has 0 amide bonds. The number of aromatic nitrogens is 1. The molecule has 7 aromatic carbocycles. The van der Waals surface area contributed by atoms with Crippen molar-refractivity contribution in [3.05, 3.63) is 162 Å². The van der Waals surface area contributed by atoms with E-state index in [2.05, 4.69) is 172 Å². The number of rotatable bonds is 2. The number of fused-ring (bicyclic) bond motifs is 12. The van der Waals surface area contributed by atoms with Gasteiger partial charge in [-0.1, -0.05) is 137 Å². The summed E-state index contributed by atoms with van der Waals surface area (Å²) in [5.74, 6) is 0. The molecule has 47 heavy (non-hydrogen) atoms. The molecule has 10 rings (SSSR count). The van der Waals surface area contributed by atoms with Gasteiger partial charge in [-0.25, -0.2) is 0 Å². The Hall–Kier alpha value is -5.40. The average Bonchev–Trinajstić information content (AvgIpc) is 3.64. The third-order valence-corrected chi connectivity index (χ3v) is 11.3. The van der Waals surface area contributed by atoms with E-state index < -0.39 is 0 Å². The maximum Gasteiger partial charge on any atom is 0.0547 e. The second kappa shape index (κ2) is 9.11. The van der Waals surface area contributed by atoms with Crippen LogP contribution in [0.1, 0.15) is 49.9 Å². The fourth-order valence-electron chi connectivity index (χ4n) is 9.25. The molecule has 0 saturated heterocycles. The lowest BCUT2D eigenvalue weighted by atomic mass is 9.72. The van der Waals surface area contributed by atoms with Crippen LogP contribution < -0.4 is 0 Å². The molecule has 1 aromatic heterocycles. The monoisotopic (exact) mass is 601 g/mol. The summed E-state index contributed by atoms with van der Waals surface area (Å²) < 4.78 is 2.47. The van der Waals surface area contributed by atoms with E-state index in [4.69, 9.17) is 0 Å². The highest BCUT2D eigenvalue weighted by Gasteiger charge is 2.46. The fourth-order valence-corrected chi connectivity index (χ4v) is 9.25. The van der Waals surface area contributed by atoms with Crippen LogP contribution >= 0.6 is 0 Å². The van der Waals surface area contributed by atoms with Crippen LogP contribution in [-0.4, -0.2) is 4.57 Å². The minimum Gasteiger partial charge on any atom is -0.309 e. The van der Waals surface area contributed by atoms with Gasteiger partial charge in [0, 0.05) is 27.3 Å². The molecule has 1 heteroatoms. The number of hydrogen-bond donors (Lipinski definition) is 0. The molecule has 224 valence electrons. The van der Waals surface area contributed by atoms with Gasteiger partial charge in [0.15, 0.2) is 0 Å². The van der Waals surface area contributed by atoms with Crippen molar-refractivity contribution in [1.29, 1.82) is 0 Å². The number of para-hydroxylation sites is 1. The van der Waals surface area contributed by atoms with E-state index in [0.717, 1.165) is 0 Å². The number of benzene rings is 7. The first-order valence-corrected chi connectivity index (χ1v) is 16.8. The van der Waals surface area contributed by atoms with Crippen LogP contribution in [0.3, 0.4) is 0 Å². The Kier molecular flexibility index (Phi) is 5.19. The molecule has 0 radical (unpaired) electrons. The molecule has 0 aliphatic heterocycles. The Morgan fingerprint density at radius 2 is 1.02 bits per heavy atom. The first kappa shape index (κ1) is 26.8. The lowest BCUT2D eigenvalue weighted by molar-refractivity contribution is 0.604. The second-order valence-corrected chi connectivity index (χ2v) is 14.6. The van der Waals surface area contributed by atoms with Crippen molar-refractivity contribution < 1.29 is 0 Å².